The van der Waals surface area contributed by atoms with E-state index in [4.69, 9.17) is 5.84 Å². The Labute approximate surface area is 107 Å². The van der Waals surface area contributed by atoms with Crippen LogP contribution in [0.2, 0.25) is 0 Å². The van der Waals surface area contributed by atoms with Gasteiger partial charge < -0.3 is 0 Å². The Morgan fingerprint density at radius 3 is 2.35 bits per heavy atom. The van der Waals surface area contributed by atoms with E-state index in [1.54, 1.807) is 0 Å². The maximum Gasteiger partial charge on any atom is 0.0304 e. The molecule has 1 fully saturated rings. The first-order valence-corrected chi connectivity index (χ1v) is 7.17. The minimum absolute atomic E-state index is 0.417. The van der Waals surface area contributed by atoms with Crippen LogP contribution in [0.4, 0.5) is 0 Å². The molecule has 1 aliphatic carbocycles. The molecule has 0 saturated heterocycles. The second-order valence-electron chi connectivity index (χ2n) is 6.19. The highest BCUT2D eigenvalue weighted by molar-refractivity contribution is 5.03. The van der Waals surface area contributed by atoms with Crippen LogP contribution in [0, 0.1) is 11.3 Å². The van der Waals surface area contributed by atoms with Gasteiger partial charge in [0.15, 0.2) is 0 Å². The van der Waals surface area contributed by atoms with Crippen LogP contribution in [0.5, 0.6) is 0 Å². The fourth-order valence-electron chi connectivity index (χ4n) is 3.47. The molecule has 0 radical (unpaired) electrons. The van der Waals surface area contributed by atoms with E-state index in [-0.39, 0.29) is 0 Å². The Kier molecular flexibility index (Phi) is 5.68. The van der Waals surface area contributed by atoms with Crippen LogP contribution in [0.1, 0.15) is 65.7 Å². The van der Waals surface area contributed by atoms with Crippen molar-refractivity contribution in [3.8, 4) is 0 Å². The number of hydrogen-bond donors (Lipinski definition) is 2. The molecule has 100 valence electrons. The molecule has 1 rings (SSSR count). The SMILES string of the molecule is C=C(CC)CC(NN)C1(CC(C)C)CCCC1. The Hall–Kier alpha value is -0.340. The largest absolute Gasteiger partial charge is 0.271 e. The molecule has 1 saturated carbocycles. The van der Waals surface area contributed by atoms with Gasteiger partial charge in [0.05, 0.1) is 0 Å². The van der Waals surface area contributed by atoms with Gasteiger partial charge in [-0.25, -0.2) is 0 Å². The number of nitrogens with two attached hydrogens (primary N) is 1. The fraction of sp³-hybridized carbons (Fsp3) is 0.867. The molecule has 0 aromatic rings. The van der Waals surface area contributed by atoms with Crippen LogP contribution in [0.25, 0.3) is 0 Å². The molecule has 0 heterocycles. The zero-order valence-electron chi connectivity index (χ0n) is 11.9. The van der Waals surface area contributed by atoms with Crippen molar-refractivity contribution in [2.45, 2.75) is 71.8 Å². The second kappa shape index (κ2) is 6.55. The van der Waals surface area contributed by atoms with Crippen molar-refractivity contribution in [2.75, 3.05) is 0 Å². The van der Waals surface area contributed by atoms with Crippen molar-refractivity contribution in [1.29, 1.82) is 0 Å². The van der Waals surface area contributed by atoms with Crippen molar-refractivity contribution in [1.82, 2.24) is 5.43 Å². The third-order valence-corrected chi connectivity index (χ3v) is 4.35. The van der Waals surface area contributed by atoms with Crippen molar-refractivity contribution < 1.29 is 0 Å². The van der Waals surface area contributed by atoms with Crippen molar-refractivity contribution in [3.63, 3.8) is 0 Å². The van der Waals surface area contributed by atoms with Crippen molar-refractivity contribution in [2.24, 2.45) is 17.2 Å². The summed E-state index contributed by atoms with van der Waals surface area (Å²) in [6.45, 7) is 11.0. The number of rotatable bonds is 7. The summed E-state index contributed by atoms with van der Waals surface area (Å²) in [5.74, 6) is 6.57. The van der Waals surface area contributed by atoms with Gasteiger partial charge >= 0.3 is 0 Å². The van der Waals surface area contributed by atoms with Crippen LogP contribution in [-0.2, 0) is 0 Å². The van der Waals surface area contributed by atoms with E-state index in [9.17, 15) is 0 Å². The minimum atomic E-state index is 0.417. The lowest BCUT2D eigenvalue weighted by Crippen LogP contribution is -2.48. The summed E-state index contributed by atoms with van der Waals surface area (Å²) in [6, 6.07) is 0.417. The van der Waals surface area contributed by atoms with Gasteiger partial charge in [0.2, 0.25) is 0 Å². The molecular formula is C15H30N2. The van der Waals surface area contributed by atoms with Crippen molar-refractivity contribution in [3.05, 3.63) is 12.2 Å². The third-order valence-electron chi connectivity index (χ3n) is 4.35. The summed E-state index contributed by atoms with van der Waals surface area (Å²) in [4.78, 5) is 0. The van der Waals surface area contributed by atoms with Crippen molar-refractivity contribution >= 4 is 0 Å². The number of nitrogens with one attached hydrogen (secondary N) is 1. The molecule has 3 N–H and O–H groups in total. The molecule has 0 bridgehead atoms. The summed E-state index contributed by atoms with van der Waals surface area (Å²) in [6.07, 6.45) is 8.79. The lowest BCUT2D eigenvalue weighted by atomic mass is 9.71. The summed E-state index contributed by atoms with van der Waals surface area (Å²) in [7, 11) is 0. The molecule has 1 atom stereocenters. The summed E-state index contributed by atoms with van der Waals surface area (Å²) in [5.41, 5.74) is 4.83. The smallest absolute Gasteiger partial charge is 0.0304 e. The maximum atomic E-state index is 5.83. The molecule has 0 aromatic carbocycles. The highest BCUT2D eigenvalue weighted by Gasteiger charge is 2.40. The molecule has 2 heteroatoms. The highest BCUT2D eigenvalue weighted by Crippen LogP contribution is 2.47. The zero-order valence-corrected chi connectivity index (χ0v) is 11.9. The molecule has 0 amide bonds. The second-order valence-corrected chi connectivity index (χ2v) is 6.19. The normalized spacial score (nSPS) is 20.8. The molecule has 2 nitrogen and oxygen atoms in total. The Morgan fingerprint density at radius 2 is 1.94 bits per heavy atom. The minimum Gasteiger partial charge on any atom is -0.271 e. The molecular weight excluding hydrogens is 208 g/mol. The van der Waals surface area contributed by atoms with E-state index >= 15 is 0 Å². The average Bonchev–Trinajstić information content (AvgIpc) is 2.73. The lowest BCUT2D eigenvalue weighted by molar-refractivity contribution is 0.154. The topological polar surface area (TPSA) is 38.0 Å². The molecule has 1 aliphatic rings. The van der Waals surface area contributed by atoms with E-state index in [0.717, 1.165) is 18.8 Å². The fourth-order valence-corrected chi connectivity index (χ4v) is 3.47. The predicted octanol–water partition coefficient (Wildman–Crippen LogP) is 3.78. The van der Waals surface area contributed by atoms with Gasteiger partial charge in [-0.3, -0.25) is 11.3 Å². The van der Waals surface area contributed by atoms with Gasteiger partial charge in [0.1, 0.15) is 0 Å². The molecule has 1 unspecified atom stereocenters. The number of hydrazine groups is 1. The Bertz CT molecular complexity index is 239. The molecule has 0 spiro atoms. The van der Waals surface area contributed by atoms with E-state index in [1.807, 2.05) is 0 Å². The van der Waals surface area contributed by atoms with E-state index in [1.165, 1.54) is 37.7 Å². The average molecular weight is 238 g/mol. The summed E-state index contributed by atoms with van der Waals surface area (Å²) >= 11 is 0. The Balaban J connectivity index is 2.75. The van der Waals surface area contributed by atoms with E-state index in [0.29, 0.717) is 11.5 Å². The summed E-state index contributed by atoms with van der Waals surface area (Å²) in [5, 5.41) is 0. The van der Waals surface area contributed by atoms with Gasteiger partial charge in [-0.05, 0) is 43.4 Å². The third kappa shape index (κ3) is 3.82. The highest BCUT2D eigenvalue weighted by atomic mass is 15.2. The van der Waals surface area contributed by atoms with E-state index in [2.05, 4.69) is 32.8 Å². The Morgan fingerprint density at radius 1 is 1.35 bits per heavy atom. The van der Waals surface area contributed by atoms with Crippen LogP contribution in [0.15, 0.2) is 12.2 Å². The first kappa shape index (κ1) is 14.7. The lowest BCUT2D eigenvalue weighted by Gasteiger charge is -2.39. The van der Waals surface area contributed by atoms with Crippen LogP contribution < -0.4 is 11.3 Å². The van der Waals surface area contributed by atoms with Gasteiger partial charge in [-0.1, -0.05) is 45.8 Å². The van der Waals surface area contributed by atoms with Crippen LogP contribution in [0.3, 0.4) is 0 Å². The standard InChI is InChI=1S/C15H30N2/c1-5-13(4)10-14(17-16)15(11-12(2)3)8-6-7-9-15/h12,14,17H,4-11,16H2,1-3H3. The molecule has 0 aromatic heterocycles. The van der Waals surface area contributed by atoms with E-state index < -0.39 is 0 Å². The monoisotopic (exact) mass is 238 g/mol. The van der Waals surface area contributed by atoms with Crippen LogP contribution >= 0.6 is 0 Å². The van der Waals surface area contributed by atoms with Gasteiger partial charge in [0, 0.05) is 6.04 Å². The van der Waals surface area contributed by atoms with Gasteiger partial charge in [-0.15, -0.1) is 0 Å². The maximum absolute atomic E-state index is 5.83. The molecule has 0 aliphatic heterocycles. The first-order valence-electron chi connectivity index (χ1n) is 7.17. The molecule has 17 heavy (non-hydrogen) atoms. The van der Waals surface area contributed by atoms with Gasteiger partial charge in [-0.2, -0.15) is 0 Å². The quantitative estimate of drug-likeness (QED) is 0.402. The number of hydrogen-bond acceptors (Lipinski definition) is 2. The zero-order chi connectivity index (χ0) is 12.9. The summed E-state index contributed by atoms with van der Waals surface area (Å²) < 4.78 is 0. The van der Waals surface area contributed by atoms with Crippen LogP contribution in [-0.4, -0.2) is 6.04 Å². The predicted molar refractivity (Wildman–Crippen MR) is 75.5 cm³/mol. The first-order chi connectivity index (χ1) is 8.04. The van der Waals surface area contributed by atoms with Gasteiger partial charge in [0.25, 0.3) is 0 Å².